The van der Waals surface area contributed by atoms with Crippen LogP contribution in [-0.2, 0) is 23.0 Å². The van der Waals surface area contributed by atoms with Gasteiger partial charge < -0.3 is 0 Å². The molecule has 148 valence electrons. The van der Waals surface area contributed by atoms with E-state index in [2.05, 4.69) is 23.8 Å². The van der Waals surface area contributed by atoms with Gasteiger partial charge in [0.25, 0.3) is 5.56 Å². The summed E-state index contributed by atoms with van der Waals surface area (Å²) >= 11 is 0. The SMILES string of the molecule is CC(C)N1CCc2nc3cc(C4CCCN(S(C)(=O)=O)C4)[nH]n3c(=O)c2C1. The fourth-order valence-electron chi connectivity index (χ4n) is 4.17. The number of aromatic nitrogens is 3. The summed E-state index contributed by atoms with van der Waals surface area (Å²) in [6, 6.07) is 2.30. The van der Waals surface area contributed by atoms with Crippen LogP contribution in [0.25, 0.3) is 5.65 Å². The molecule has 1 N–H and O–H groups in total. The number of hydrogen-bond acceptors (Lipinski definition) is 5. The van der Waals surface area contributed by atoms with E-state index in [9.17, 15) is 13.2 Å². The van der Waals surface area contributed by atoms with Gasteiger partial charge in [-0.2, -0.15) is 0 Å². The lowest BCUT2D eigenvalue weighted by atomic mass is 9.96. The number of rotatable bonds is 3. The minimum absolute atomic E-state index is 0.0395. The van der Waals surface area contributed by atoms with E-state index in [1.807, 2.05) is 6.07 Å². The van der Waals surface area contributed by atoms with Gasteiger partial charge in [0.2, 0.25) is 10.0 Å². The van der Waals surface area contributed by atoms with Crippen molar-refractivity contribution in [2.45, 2.75) is 51.6 Å². The van der Waals surface area contributed by atoms with Crippen LogP contribution in [0.4, 0.5) is 0 Å². The maximum Gasteiger partial charge on any atom is 0.277 e. The Morgan fingerprint density at radius 3 is 2.78 bits per heavy atom. The first-order valence-electron chi connectivity index (χ1n) is 9.56. The largest absolute Gasteiger partial charge is 0.296 e. The quantitative estimate of drug-likeness (QED) is 0.838. The van der Waals surface area contributed by atoms with Crippen LogP contribution in [0.1, 0.15) is 49.6 Å². The van der Waals surface area contributed by atoms with Crippen molar-refractivity contribution in [2.24, 2.45) is 0 Å². The van der Waals surface area contributed by atoms with E-state index in [-0.39, 0.29) is 11.5 Å². The first-order chi connectivity index (χ1) is 12.7. The van der Waals surface area contributed by atoms with E-state index in [0.29, 0.717) is 31.3 Å². The number of fused-ring (bicyclic) bond motifs is 2. The van der Waals surface area contributed by atoms with Gasteiger partial charge >= 0.3 is 0 Å². The van der Waals surface area contributed by atoms with Crippen molar-refractivity contribution in [3.05, 3.63) is 33.4 Å². The Morgan fingerprint density at radius 1 is 1.30 bits per heavy atom. The molecule has 1 unspecified atom stereocenters. The molecule has 2 aliphatic heterocycles. The van der Waals surface area contributed by atoms with Gasteiger partial charge in [0.1, 0.15) is 0 Å². The third-order valence-corrected chi connectivity index (χ3v) is 7.10. The number of nitrogens with one attached hydrogen (secondary N) is 1. The highest BCUT2D eigenvalue weighted by atomic mass is 32.2. The lowest BCUT2D eigenvalue weighted by Crippen LogP contribution is -2.40. The van der Waals surface area contributed by atoms with Crippen molar-refractivity contribution in [1.29, 1.82) is 0 Å². The predicted octanol–water partition coefficient (Wildman–Crippen LogP) is 0.928. The zero-order valence-corrected chi connectivity index (χ0v) is 16.9. The molecule has 0 aromatic carbocycles. The minimum Gasteiger partial charge on any atom is -0.296 e. The van der Waals surface area contributed by atoms with Gasteiger partial charge in [0.15, 0.2) is 5.65 Å². The average molecular weight is 394 g/mol. The topological polar surface area (TPSA) is 90.8 Å². The molecule has 27 heavy (non-hydrogen) atoms. The Morgan fingerprint density at radius 2 is 2.07 bits per heavy atom. The third kappa shape index (κ3) is 3.43. The van der Waals surface area contributed by atoms with E-state index in [1.165, 1.54) is 15.1 Å². The van der Waals surface area contributed by atoms with Crippen molar-refractivity contribution in [3.63, 3.8) is 0 Å². The molecule has 9 heteroatoms. The Kier molecular flexibility index (Phi) is 4.64. The van der Waals surface area contributed by atoms with E-state index in [4.69, 9.17) is 4.98 Å². The number of sulfonamides is 1. The summed E-state index contributed by atoms with van der Waals surface area (Å²) in [5.74, 6) is 0.0544. The molecule has 1 fully saturated rings. The second-order valence-corrected chi connectivity index (χ2v) is 10.0. The molecular weight excluding hydrogens is 366 g/mol. The second kappa shape index (κ2) is 6.72. The number of nitrogens with zero attached hydrogens (tertiary/aromatic N) is 4. The summed E-state index contributed by atoms with van der Waals surface area (Å²) < 4.78 is 26.8. The van der Waals surface area contributed by atoms with Crippen molar-refractivity contribution >= 4 is 15.7 Å². The lowest BCUT2D eigenvalue weighted by molar-refractivity contribution is 0.200. The number of piperidine rings is 1. The predicted molar refractivity (Wildman–Crippen MR) is 103 cm³/mol. The summed E-state index contributed by atoms with van der Waals surface area (Å²) in [5.41, 5.74) is 3.13. The molecule has 0 amide bonds. The molecule has 2 aliphatic rings. The molecule has 0 bridgehead atoms. The van der Waals surface area contributed by atoms with Crippen molar-refractivity contribution in [1.82, 2.24) is 23.8 Å². The molecule has 4 heterocycles. The fourth-order valence-corrected chi connectivity index (χ4v) is 5.08. The monoisotopic (exact) mass is 393 g/mol. The van der Waals surface area contributed by atoms with Crippen LogP contribution >= 0.6 is 0 Å². The Labute approximate surface area is 159 Å². The van der Waals surface area contributed by atoms with Gasteiger partial charge in [-0.3, -0.25) is 14.8 Å². The highest BCUT2D eigenvalue weighted by Gasteiger charge is 2.29. The van der Waals surface area contributed by atoms with E-state index >= 15 is 0 Å². The normalized spacial score (nSPS) is 22.4. The van der Waals surface area contributed by atoms with Crippen LogP contribution in [0, 0.1) is 0 Å². The molecular formula is C18H27N5O3S. The number of aromatic amines is 1. The first kappa shape index (κ1) is 18.6. The smallest absolute Gasteiger partial charge is 0.277 e. The van der Waals surface area contributed by atoms with E-state index in [1.54, 1.807) is 0 Å². The van der Waals surface area contributed by atoms with Gasteiger partial charge in [0.05, 0.1) is 17.5 Å². The number of hydrogen-bond donors (Lipinski definition) is 1. The molecule has 0 aliphatic carbocycles. The van der Waals surface area contributed by atoms with Gasteiger partial charge in [-0.25, -0.2) is 22.2 Å². The summed E-state index contributed by atoms with van der Waals surface area (Å²) in [6.45, 7) is 6.82. The number of H-pyrrole nitrogens is 1. The second-order valence-electron chi connectivity index (χ2n) is 8.02. The molecule has 2 aromatic heterocycles. The highest BCUT2D eigenvalue weighted by molar-refractivity contribution is 7.88. The molecule has 8 nitrogen and oxygen atoms in total. The lowest BCUT2D eigenvalue weighted by Gasteiger charge is -2.30. The van der Waals surface area contributed by atoms with Crippen LogP contribution in [0.3, 0.4) is 0 Å². The molecule has 4 rings (SSSR count). The summed E-state index contributed by atoms with van der Waals surface area (Å²) in [7, 11) is -3.20. The van der Waals surface area contributed by atoms with Crippen LogP contribution in [0.2, 0.25) is 0 Å². The standard InChI is InChI=1S/C18H27N5O3S/c1-12(2)21-8-6-15-14(11-21)18(24)23-17(19-15)9-16(20-23)13-5-4-7-22(10-13)27(3,25)26/h9,12-13,20H,4-8,10-11H2,1-3H3. The van der Waals surface area contributed by atoms with Gasteiger partial charge in [-0.1, -0.05) is 0 Å². The minimum atomic E-state index is -3.20. The molecule has 0 spiro atoms. The Bertz CT molecular complexity index is 1020. The zero-order chi connectivity index (χ0) is 19.3. The zero-order valence-electron chi connectivity index (χ0n) is 16.1. The Balaban J connectivity index is 1.69. The summed E-state index contributed by atoms with van der Waals surface area (Å²) in [6.07, 6.45) is 3.75. The maximum absolute atomic E-state index is 13.0. The van der Waals surface area contributed by atoms with Crippen LogP contribution in [0.15, 0.2) is 10.9 Å². The van der Waals surface area contributed by atoms with Crippen molar-refractivity contribution in [2.75, 3.05) is 25.9 Å². The van der Waals surface area contributed by atoms with Gasteiger partial charge in [-0.05, 0) is 26.7 Å². The van der Waals surface area contributed by atoms with Crippen LogP contribution in [-0.4, -0.2) is 64.2 Å². The van der Waals surface area contributed by atoms with Crippen molar-refractivity contribution in [3.8, 4) is 0 Å². The molecule has 2 aromatic rings. The van der Waals surface area contributed by atoms with E-state index < -0.39 is 10.0 Å². The molecule has 0 saturated carbocycles. The van der Waals surface area contributed by atoms with Crippen molar-refractivity contribution < 1.29 is 8.42 Å². The van der Waals surface area contributed by atoms with Gasteiger partial charge in [-0.15, -0.1) is 0 Å². The van der Waals surface area contributed by atoms with E-state index in [0.717, 1.165) is 42.8 Å². The third-order valence-electron chi connectivity index (χ3n) is 5.83. The van der Waals surface area contributed by atoms with Crippen LogP contribution < -0.4 is 5.56 Å². The summed E-state index contributed by atoms with van der Waals surface area (Å²) in [4.78, 5) is 20.0. The molecule has 1 atom stereocenters. The molecule has 0 radical (unpaired) electrons. The maximum atomic E-state index is 13.0. The first-order valence-corrected chi connectivity index (χ1v) is 11.4. The Hall–Kier alpha value is -1.71. The van der Waals surface area contributed by atoms with Crippen LogP contribution in [0.5, 0.6) is 0 Å². The molecule has 1 saturated heterocycles. The summed E-state index contributed by atoms with van der Waals surface area (Å²) in [5, 5.41) is 3.20. The highest BCUT2D eigenvalue weighted by Crippen LogP contribution is 2.28. The fraction of sp³-hybridized carbons (Fsp3) is 0.667. The average Bonchev–Trinajstić information content (AvgIpc) is 3.05. The van der Waals surface area contributed by atoms with Gasteiger partial charge in [0, 0.05) is 56.3 Å².